The minimum absolute atomic E-state index is 0.0218. The van der Waals surface area contributed by atoms with Gasteiger partial charge in [-0.2, -0.15) is 15.3 Å². The fourth-order valence-electron chi connectivity index (χ4n) is 5.00. The lowest BCUT2D eigenvalue weighted by molar-refractivity contribution is -0.162. The Kier molecular flexibility index (Phi) is 3.83. The maximum atomic E-state index is 13.3. The van der Waals surface area contributed by atoms with E-state index in [0.29, 0.717) is 29.9 Å². The first-order valence-corrected chi connectivity index (χ1v) is 10.2. The van der Waals surface area contributed by atoms with E-state index in [9.17, 15) is 9.18 Å². The SMILES string of the molecule is N#Cc1ccc2c(OC3CC4(C3)O[C@@H]3CC[C@@H](c5ccc(F)cc5)N3C4=O)ncnn12. The van der Waals surface area contributed by atoms with Gasteiger partial charge in [0.1, 0.15) is 41.8 Å². The van der Waals surface area contributed by atoms with Gasteiger partial charge in [0.25, 0.3) is 5.91 Å². The highest BCUT2D eigenvalue weighted by Gasteiger charge is 2.63. The van der Waals surface area contributed by atoms with Crippen molar-refractivity contribution in [3.8, 4) is 11.9 Å². The minimum atomic E-state index is -0.864. The molecule has 156 valence electrons. The standard InChI is InChI=1S/C22H18FN5O3/c23-14-3-1-13(2-4-14)17-7-8-19-27(17)21(29)22(31-19)9-16(10-22)30-20-18-6-5-15(11-24)28(18)26-12-25-20/h1-6,12,16-17,19H,7-10H2/t16?,17-,19+,22?/m0/s1. The van der Waals surface area contributed by atoms with Crippen molar-refractivity contribution in [2.24, 2.45) is 0 Å². The van der Waals surface area contributed by atoms with Gasteiger partial charge in [-0.25, -0.2) is 8.91 Å². The zero-order valence-corrected chi connectivity index (χ0v) is 16.4. The molecule has 0 bridgehead atoms. The van der Waals surface area contributed by atoms with E-state index in [1.54, 1.807) is 24.3 Å². The highest BCUT2D eigenvalue weighted by Crippen LogP contribution is 2.52. The molecule has 1 spiro atoms. The molecular weight excluding hydrogens is 401 g/mol. The zero-order valence-electron chi connectivity index (χ0n) is 16.4. The topological polar surface area (TPSA) is 92.8 Å². The third-order valence-corrected chi connectivity index (χ3v) is 6.50. The molecular formula is C22H18FN5O3. The molecule has 3 aliphatic rings. The predicted octanol–water partition coefficient (Wildman–Crippen LogP) is 2.74. The maximum Gasteiger partial charge on any atom is 0.257 e. The summed E-state index contributed by atoms with van der Waals surface area (Å²) in [5.74, 6) is 0.0689. The summed E-state index contributed by atoms with van der Waals surface area (Å²) in [6.45, 7) is 0. The number of nitrogens with zero attached hydrogens (tertiary/aromatic N) is 5. The largest absolute Gasteiger partial charge is 0.473 e. The summed E-state index contributed by atoms with van der Waals surface area (Å²) in [5.41, 5.74) is 1.07. The van der Waals surface area contributed by atoms with Gasteiger partial charge in [0, 0.05) is 12.8 Å². The number of amides is 1. The molecule has 31 heavy (non-hydrogen) atoms. The van der Waals surface area contributed by atoms with Crippen molar-refractivity contribution in [2.75, 3.05) is 0 Å². The maximum absolute atomic E-state index is 13.3. The Hall–Kier alpha value is -3.51. The Labute approximate surface area is 176 Å². The number of benzene rings is 1. The van der Waals surface area contributed by atoms with Crippen molar-refractivity contribution in [1.29, 1.82) is 5.26 Å². The van der Waals surface area contributed by atoms with Gasteiger partial charge in [-0.3, -0.25) is 4.79 Å². The van der Waals surface area contributed by atoms with Gasteiger partial charge in [0.15, 0.2) is 5.60 Å². The molecule has 3 fully saturated rings. The number of hydrogen-bond donors (Lipinski definition) is 0. The van der Waals surface area contributed by atoms with Crippen molar-refractivity contribution in [2.45, 2.75) is 49.7 Å². The van der Waals surface area contributed by atoms with E-state index in [-0.39, 0.29) is 30.1 Å². The van der Waals surface area contributed by atoms with Gasteiger partial charge in [-0.1, -0.05) is 12.1 Å². The number of fused-ring (bicyclic) bond motifs is 2. The van der Waals surface area contributed by atoms with Gasteiger partial charge < -0.3 is 14.4 Å². The zero-order chi connectivity index (χ0) is 21.2. The first kappa shape index (κ1) is 18.3. The van der Waals surface area contributed by atoms with Crippen LogP contribution in [0, 0.1) is 17.1 Å². The van der Waals surface area contributed by atoms with Crippen molar-refractivity contribution in [3.63, 3.8) is 0 Å². The van der Waals surface area contributed by atoms with E-state index in [4.69, 9.17) is 14.7 Å². The molecule has 1 saturated carbocycles. The molecule has 2 aliphatic heterocycles. The number of rotatable bonds is 3. The number of nitriles is 1. The Morgan fingerprint density at radius 1 is 1.19 bits per heavy atom. The lowest BCUT2D eigenvalue weighted by Gasteiger charge is -2.42. The van der Waals surface area contributed by atoms with Crippen molar-refractivity contribution in [3.05, 3.63) is 59.8 Å². The van der Waals surface area contributed by atoms with Gasteiger partial charge in [-0.05, 0) is 42.7 Å². The summed E-state index contributed by atoms with van der Waals surface area (Å²) in [6.07, 6.45) is 3.32. The van der Waals surface area contributed by atoms with Gasteiger partial charge >= 0.3 is 0 Å². The second-order valence-corrected chi connectivity index (χ2v) is 8.26. The molecule has 0 radical (unpaired) electrons. The first-order chi connectivity index (χ1) is 15.1. The van der Waals surface area contributed by atoms with Crippen molar-refractivity contribution < 1.29 is 18.7 Å². The number of carbonyl (C=O) groups is 1. The third-order valence-electron chi connectivity index (χ3n) is 6.50. The van der Waals surface area contributed by atoms with Crippen LogP contribution in [0.3, 0.4) is 0 Å². The Morgan fingerprint density at radius 2 is 2.00 bits per heavy atom. The molecule has 0 unspecified atom stereocenters. The molecule has 1 aromatic carbocycles. The second kappa shape index (κ2) is 6.49. The monoisotopic (exact) mass is 419 g/mol. The summed E-state index contributed by atoms with van der Waals surface area (Å²) >= 11 is 0. The number of hydrogen-bond acceptors (Lipinski definition) is 6. The van der Waals surface area contributed by atoms with Crippen LogP contribution in [0.1, 0.15) is 43.0 Å². The van der Waals surface area contributed by atoms with E-state index < -0.39 is 5.60 Å². The van der Waals surface area contributed by atoms with Crippen LogP contribution < -0.4 is 4.74 Å². The highest BCUT2D eigenvalue weighted by atomic mass is 19.1. The molecule has 1 amide bonds. The van der Waals surface area contributed by atoms with Crippen LogP contribution in [0.4, 0.5) is 4.39 Å². The van der Waals surface area contributed by atoms with E-state index in [1.165, 1.54) is 23.0 Å². The highest BCUT2D eigenvalue weighted by molar-refractivity contribution is 5.89. The van der Waals surface area contributed by atoms with Crippen LogP contribution in [0.25, 0.3) is 5.52 Å². The lowest BCUT2D eigenvalue weighted by atomic mass is 9.76. The molecule has 2 saturated heterocycles. The fourth-order valence-corrected chi connectivity index (χ4v) is 5.00. The minimum Gasteiger partial charge on any atom is -0.473 e. The molecule has 1 aliphatic carbocycles. The molecule has 6 rings (SSSR count). The van der Waals surface area contributed by atoms with Crippen LogP contribution in [0.15, 0.2) is 42.7 Å². The van der Waals surface area contributed by atoms with E-state index >= 15 is 0 Å². The van der Waals surface area contributed by atoms with Crippen LogP contribution >= 0.6 is 0 Å². The average Bonchev–Trinajstić information content (AvgIpc) is 3.42. The second-order valence-electron chi connectivity index (χ2n) is 8.26. The Bertz CT molecular complexity index is 1230. The van der Waals surface area contributed by atoms with Crippen molar-refractivity contribution in [1.82, 2.24) is 19.5 Å². The molecule has 3 aromatic rings. The van der Waals surface area contributed by atoms with Crippen LogP contribution in [0.2, 0.25) is 0 Å². The molecule has 8 nitrogen and oxygen atoms in total. The summed E-state index contributed by atoms with van der Waals surface area (Å²) in [5, 5.41) is 13.3. The number of aromatic nitrogens is 3. The summed E-state index contributed by atoms with van der Waals surface area (Å²) in [4.78, 5) is 19.3. The Morgan fingerprint density at radius 3 is 2.77 bits per heavy atom. The molecule has 9 heteroatoms. The quantitative estimate of drug-likeness (QED) is 0.648. The number of carbonyl (C=O) groups excluding carboxylic acids is 1. The fraction of sp³-hybridized carbons (Fsp3) is 0.364. The molecule has 4 heterocycles. The normalized spacial score (nSPS) is 29.2. The van der Waals surface area contributed by atoms with E-state index in [1.807, 2.05) is 4.90 Å². The Balaban J connectivity index is 1.18. The third kappa shape index (κ3) is 2.65. The van der Waals surface area contributed by atoms with E-state index in [2.05, 4.69) is 16.2 Å². The summed E-state index contributed by atoms with van der Waals surface area (Å²) in [7, 11) is 0. The van der Waals surface area contributed by atoms with Crippen LogP contribution in [-0.4, -0.2) is 43.3 Å². The number of halogens is 1. The molecule has 0 N–H and O–H groups in total. The molecule has 2 atom stereocenters. The first-order valence-electron chi connectivity index (χ1n) is 10.2. The van der Waals surface area contributed by atoms with Crippen LogP contribution in [0.5, 0.6) is 5.88 Å². The van der Waals surface area contributed by atoms with Crippen LogP contribution in [-0.2, 0) is 9.53 Å². The van der Waals surface area contributed by atoms with Gasteiger partial charge in [-0.15, -0.1) is 0 Å². The lowest BCUT2D eigenvalue weighted by Crippen LogP contribution is -2.56. The summed E-state index contributed by atoms with van der Waals surface area (Å²) < 4.78 is 27.0. The van der Waals surface area contributed by atoms with Gasteiger partial charge in [0.05, 0.1) is 6.04 Å². The molecule has 2 aromatic heterocycles. The number of ether oxygens (including phenoxy) is 2. The van der Waals surface area contributed by atoms with E-state index in [0.717, 1.165) is 18.4 Å². The van der Waals surface area contributed by atoms with Gasteiger partial charge in [0.2, 0.25) is 5.88 Å². The predicted molar refractivity (Wildman–Crippen MR) is 104 cm³/mol. The summed E-state index contributed by atoms with van der Waals surface area (Å²) in [6, 6.07) is 11.7. The smallest absolute Gasteiger partial charge is 0.257 e. The average molecular weight is 419 g/mol. The van der Waals surface area contributed by atoms with Crippen molar-refractivity contribution >= 4 is 11.4 Å².